The molecule has 2 heterocycles. The topological polar surface area (TPSA) is 59.1 Å². The minimum atomic E-state index is -0.124. The molecule has 1 saturated heterocycles. The number of piperazine rings is 1. The minimum Gasteiger partial charge on any atom is -0.339 e. The van der Waals surface area contributed by atoms with E-state index < -0.39 is 0 Å². The Balaban J connectivity index is 1.59. The summed E-state index contributed by atoms with van der Waals surface area (Å²) in [4.78, 5) is 37.9. The molecule has 2 amide bonds. The highest BCUT2D eigenvalue weighted by Gasteiger charge is 2.21. The van der Waals surface area contributed by atoms with Gasteiger partial charge in [0.25, 0.3) is 0 Å². The second-order valence-corrected chi connectivity index (χ2v) is 8.25. The number of carbonyl (C=O) groups excluding carboxylic acids is 2. The third kappa shape index (κ3) is 4.71. The average Bonchev–Trinajstić information content (AvgIpc) is 2.79. The van der Waals surface area contributed by atoms with Crippen LogP contribution in [0.25, 0.3) is 17.2 Å². The van der Waals surface area contributed by atoms with Crippen molar-refractivity contribution in [2.45, 2.75) is 13.3 Å². The van der Waals surface area contributed by atoms with Crippen molar-refractivity contribution in [3.05, 3.63) is 57.6 Å². The Hall–Kier alpha value is -2.54. The predicted molar refractivity (Wildman–Crippen MR) is 120 cm³/mol. The molecule has 2 aliphatic heterocycles. The molecule has 0 bridgehead atoms. The van der Waals surface area contributed by atoms with Crippen LogP contribution < -0.4 is 4.89 Å². The first-order chi connectivity index (χ1) is 14.9. The van der Waals surface area contributed by atoms with Crippen LogP contribution >= 0.6 is 23.2 Å². The van der Waals surface area contributed by atoms with E-state index in [2.05, 4.69) is 0 Å². The summed E-state index contributed by atoms with van der Waals surface area (Å²) in [6.45, 7) is 4.13. The molecule has 2 aromatic carbocycles. The minimum absolute atomic E-state index is 0.0278. The maximum Gasteiger partial charge on any atom is 0.246 e. The molecule has 2 aliphatic rings. The van der Waals surface area contributed by atoms with Crippen molar-refractivity contribution in [1.82, 2.24) is 9.80 Å². The second-order valence-electron chi connectivity index (χ2n) is 7.47. The Bertz CT molecular complexity index is 1050. The van der Waals surface area contributed by atoms with Gasteiger partial charge in [-0.2, -0.15) is 4.89 Å². The van der Waals surface area contributed by atoms with Gasteiger partial charge < -0.3 is 14.7 Å². The molecule has 2 aromatic rings. The van der Waals surface area contributed by atoms with E-state index in [0.717, 1.165) is 23.1 Å². The fraction of sp³-hybridized carbons (Fsp3) is 0.304. The standard InChI is InChI=1S/C23H22Cl2N2O4/c1-15(28)26-9-11-27(12-10-26)22(29)7-4-19-18(3-5-20(24)23(19)25)16-2-6-21-17(14-16)8-13-30-31-21/h2-7,14H,8-13H2,1H3/b7-4+. The Kier molecular flexibility index (Phi) is 6.51. The molecule has 0 radical (unpaired) electrons. The van der Waals surface area contributed by atoms with Gasteiger partial charge in [-0.15, -0.1) is 0 Å². The number of benzene rings is 2. The molecule has 31 heavy (non-hydrogen) atoms. The molecule has 0 saturated carbocycles. The number of rotatable bonds is 3. The molecule has 162 valence electrons. The molecule has 1 fully saturated rings. The number of carbonyl (C=O) groups is 2. The first kappa shape index (κ1) is 21.7. The molecule has 0 spiro atoms. The van der Waals surface area contributed by atoms with Crippen LogP contribution in [0.15, 0.2) is 36.4 Å². The third-order valence-electron chi connectivity index (χ3n) is 5.54. The van der Waals surface area contributed by atoms with Crippen LogP contribution in [0.2, 0.25) is 10.0 Å². The van der Waals surface area contributed by atoms with Crippen molar-refractivity contribution < 1.29 is 19.4 Å². The van der Waals surface area contributed by atoms with Crippen molar-refractivity contribution in [3.8, 4) is 16.9 Å². The fourth-order valence-corrected chi connectivity index (χ4v) is 4.16. The van der Waals surface area contributed by atoms with Gasteiger partial charge in [-0.1, -0.05) is 35.3 Å². The molecular formula is C23H22Cl2N2O4. The molecule has 0 aromatic heterocycles. The molecule has 0 N–H and O–H groups in total. The summed E-state index contributed by atoms with van der Waals surface area (Å²) in [5, 5.41) is 0.809. The van der Waals surface area contributed by atoms with E-state index in [0.29, 0.717) is 54.1 Å². The largest absolute Gasteiger partial charge is 0.339 e. The van der Waals surface area contributed by atoms with Crippen molar-refractivity contribution in [2.24, 2.45) is 0 Å². The third-order valence-corrected chi connectivity index (χ3v) is 6.36. The lowest BCUT2D eigenvalue weighted by Gasteiger charge is -2.33. The molecule has 0 atom stereocenters. The fourth-order valence-electron chi connectivity index (χ4n) is 3.76. The summed E-state index contributed by atoms with van der Waals surface area (Å²) in [5.74, 6) is 0.605. The van der Waals surface area contributed by atoms with Gasteiger partial charge >= 0.3 is 0 Å². The van der Waals surface area contributed by atoms with Gasteiger partial charge in [0, 0.05) is 56.7 Å². The number of fused-ring (bicyclic) bond motifs is 1. The molecule has 0 unspecified atom stereocenters. The zero-order valence-corrected chi connectivity index (χ0v) is 18.6. The van der Waals surface area contributed by atoms with Gasteiger partial charge in [0.2, 0.25) is 11.8 Å². The molecule has 8 heteroatoms. The van der Waals surface area contributed by atoms with E-state index in [9.17, 15) is 9.59 Å². The average molecular weight is 461 g/mol. The van der Waals surface area contributed by atoms with Crippen LogP contribution in [0.3, 0.4) is 0 Å². The summed E-state index contributed by atoms with van der Waals surface area (Å²) in [7, 11) is 0. The van der Waals surface area contributed by atoms with Gasteiger partial charge in [-0.3, -0.25) is 9.59 Å². The highest BCUT2D eigenvalue weighted by atomic mass is 35.5. The first-order valence-electron chi connectivity index (χ1n) is 10.1. The number of halogens is 2. The monoisotopic (exact) mass is 460 g/mol. The summed E-state index contributed by atoms with van der Waals surface area (Å²) in [6.07, 6.45) is 3.97. The van der Waals surface area contributed by atoms with Crippen LogP contribution in [-0.4, -0.2) is 54.4 Å². The van der Waals surface area contributed by atoms with Gasteiger partial charge in [-0.05, 0) is 35.4 Å². The number of hydrogen-bond donors (Lipinski definition) is 0. The van der Waals surface area contributed by atoms with Gasteiger partial charge in [0.05, 0.1) is 16.7 Å². The Morgan fingerprint density at radius 1 is 1.03 bits per heavy atom. The van der Waals surface area contributed by atoms with E-state index in [-0.39, 0.29) is 11.8 Å². The normalized spacial score (nSPS) is 16.2. The SMILES string of the molecule is CC(=O)N1CCN(C(=O)/C=C/c2c(-c3ccc4c(c3)CCOO4)ccc(Cl)c2Cl)CC1. The van der Waals surface area contributed by atoms with Crippen LogP contribution in [0.5, 0.6) is 5.75 Å². The first-order valence-corrected chi connectivity index (χ1v) is 10.8. The van der Waals surface area contributed by atoms with Crippen LogP contribution in [0.1, 0.15) is 18.1 Å². The Morgan fingerprint density at radius 3 is 2.52 bits per heavy atom. The smallest absolute Gasteiger partial charge is 0.246 e. The lowest BCUT2D eigenvalue weighted by Crippen LogP contribution is -2.49. The van der Waals surface area contributed by atoms with Gasteiger partial charge in [0.15, 0.2) is 5.75 Å². The van der Waals surface area contributed by atoms with Crippen LogP contribution in [-0.2, 0) is 20.9 Å². The second kappa shape index (κ2) is 9.30. The summed E-state index contributed by atoms with van der Waals surface area (Å²) in [5.41, 5.74) is 3.54. The lowest BCUT2D eigenvalue weighted by molar-refractivity contribution is -0.215. The summed E-state index contributed by atoms with van der Waals surface area (Å²) in [6, 6.07) is 9.47. The Labute approximate surface area is 190 Å². The zero-order chi connectivity index (χ0) is 22.0. The van der Waals surface area contributed by atoms with Crippen LogP contribution in [0.4, 0.5) is 0 Å². The highest BCUT2D eigenvalue weighted by Crippen LogP contribution is 2.37. The van der Waals surface area contributed by atoms with E-state index >= 15 is 0 Å². The molecular weight excluding hydrogens is 439 g/mol. The van der Waals surface area contributed by atoms with E-state index in [1.807, 2.05) is 24.3 Å². The number of hydrogen-bond acceptors (Lipinski definition) is 4. The lowest BCUT2D eigenvalue weighted by atomic mass is 9.96. The van der Waals surface area contributed by atoms with Crippen LogP contribution in [0, 0.1) is 0 Å². The van der Waals surface area contributed by atoms with E-state index in [1.165, 1.54) is 6.08 Å². The van der Waals surface area contributed by atoms with E-state index in [4.69, 9.17) is 33.0 Å². The van der Waals surface area contributed by atoms with E-state index in [1.54, 1.807) is 28.9 Å². The van der Waals surface area contributed by atoms with Crippen molar-refractivity contribution in [1.29, 1.82) is 0 Å². The predicted octanol–water partition coefficient (Wildman–Crippen LogP) is 4.23. The molecule has 4 rings (SSSR count). The quantitative estimate of drug-likeness (QED) is 0.507. The van der Waals surface area contributed by atoms with Crippen molar-refractivity contribution in [2.75, 3.05) is 32.8 Å². The van der Waals surface area contributed by atoms with Gasteiger partial charge in [-0.25, -0.2) is 0 Å². The number of nitrogens with zero attached hydrogens (tertiary/aromatic N) is 2. The number of amides is 2. The van der Waals surface area contributed by atoms with Crippen molar-refractivity contribution in [3.63, 3.8) is 0 Å². The highest BCUT2D eigenvalue weighted by molar-refractivity contribution is 6.43. The van der Waals surface area contributed by atoms with Gasteiger partial charge in [0.1, 0.15) is 0 Å². The van der Waals surface area contributed by atoms with Crippen molar-refractivity contribution >= 4 is 41.1 Å². The maximum atomic E-state index is 12.7. The zero-order valence-electron chi connectivity index (χ0n) is 17.1. The molecule has 0 aliphatic carbocycles. The summed E-state index contributed by atoms with van der Waals surface area (Å²) >= 11 is 12.8. The Morgan fingerprint density at radius 2 is 1.77 bits per heavy atom. The maximum absolute atomic E-state index is 12.7. The summed E-state index contributed by atoms with van der Waals surface area (Å²) < 4.78 is 0. The molecule has 6 nitrogen and oxygen atoms in total.